The second kappa shape index (κ2) is 9.61. The quantitative estimate of drug-likeness (QED) is 0.561. The summed E-state index contributed by atoms with van der Waals surface area (Å²) < 4.78 is 0. The van der Waals surface area contributed by atoms with Crippen LogP contribution in [0.4, 0.5) is 5.69 Å². The lowest BCUT2D eigenvalue weighted by Gasteiger charge is -2.26. The number of carbonyl (C=O) groups is 3. The Hall–Kier alpha value is -3.93. The van der Waals surface area contributed by atoms with Gasteiger partial charge in [-0.15, -0.1) is 0 Å². The lowest BCUT2D eigenvalue weighted by atomic mass is 10.0. The van der Waals surface area contributed by atoms with Gasteiger partial charge >= 0.3 is 0 Å². The Bertz CT molecular complexity index is 1350. The number of carbonyl (C=O) groups excluding carboxylic acids is 3. The summed E-state index contributed by atoms with van der Waals surface area (Å²) in [5.41, 5.74) is 6.02. The van der Waals surface area contributed by atoms with Crippen LogP contribution in [0.5, 0.6) is 0 Å². The van der Waals surface area contributed by atoms with Gasteiger partial charge in [0.1, 0.15) is 6.04 Å². The number of para-hydroxylation sites is 1. The lowest BCUT2D eigenvalue weighted by molar-refractivity contribution is -0.122. The third-order valence-electron chi connectivity index (χ3n) is 7.40. The zero-order chi connectivity index (χ0) is 25.4. The first-order valence-corrected chi connectivity index (χ1v) is 12.5. The summed E-state index contributed by atoms with van der Waals surface area (Å²) in [6, 6.07) is 20.3. The van der Waals surface area contributed by atoms with Gasteiger partial charge in [0.25, 0.3) is 11.8 Å². The molecule has 5 rings (SSSR count). The maximum absolute atomic E-state index is 13.6. The van der Waals surface area contributed by atoms with Crippen LogP contribution in [0.1, 0.15) is 68.8 Å². The number of aryl methyl sites for hydroxylation is 2. The monoisotopic (exact) mass is 481 g/mol. The highest BCUT2D eigenvalue weighted by Gasteiger charge is 2.41. The molecule has 1 saturated heterocycles. The van der Waals surface area contributed by atoms with Gasteiger partial charge in [0, 0.05) is 12.1 Å². The SMILES string of the molecule is Cc1ccc(C(C)NC(=O)c2cccc(CN3C(=O)C4CCCN4C(=O)c4ccccc43)c2)cc1C. The Morgan fingerprint density at radius 3 is 2.61 bits per heavy atom. The van der Waals surface area contributed by atoms with E-state index in [1.165, 1.54) is 11.1 Å². The van der Waals surface area contributed by atoms with E-state index in [-0.39, 0.29) is 23.8 Å². The summed E-state index contributed by atoms with van der Waals surface area (Å²) in [5, 5.41) is 3.09. The van der Waals surface area contributed by atoms with Crippen molar-refractivity contribution in [1.82, 2.24) is 10.2 Å². The summed E-state index contributed by atoms with van der Waals surface area (Å²) >= 11 is 0. The number of nitrogens with zero attached hydrogens (tertiary/aromatic N) is 2. The van der Waals surface area contributed by atoms with Crippen LogP contribution in [0, 0.1) is 13.8 Å². The molecule has 6 heteroatoms. The third kappa shape index (κ3) is 4.39. The summed E-state index contributed by atoms with van der Waals surface area (Å²) in [5.74, 6) is -0.316. The van der Waals surface area contributed by atoms with E-state index in [2.05, 4.69) is 31.3 Å². The molecular weight excluding hydrogens is 450 g/mol. The molecule has 2 atom stereocenters. The fourth-order valence-corrected chi connectivity index (χ4v) is 5.16. The highest BCUT2D eigenvalue weighted by atomic mass is 16.2. The molecule has 6 nitrogen and oxygen atoms in total. The van der Waals surface area contributed by atoms with Crippen molar-refractivity contribution in [3.63, 3.8) is 0 Å². The Morgan fingerprint density at radius 1 is 1.00 bits per heavy atom. The van der Waals surface area contributed by atoms with Crippen LogP contribution in [0.3, 0.4) is 0 Å². The zero-order valence-corrected chi connectivity index (χ0v) is 21.0. The lowest BCUT2D eigenvalue weighted by Crippen LogP contribution is -2.44. The van der Waals surface area contributed by atoms with Gasteiger partial charge in [0.2, 0.25) is 5.91 Å². The van der Waals surface area contributed by atoms with E-state index in [0.717, 1.165) is 17.5 Å². The number of benzene rings is 3. The number of amides is 3. The minimum Gasteiger partial charge on any atom is -0.346 e. The van der Waals surface area contributed by atoms with E-state index in [9.17, 15) is 14.4 Å². The van der Waals surface area contributed by atoms with Crippen LogP contribution >= 0.6 is 0 Å². The second-order valence-electron chi connectivity index (χ2n) is 9.84. The highest BCUT2D eigenvalue weighted by molar-refractivity contribution is 6.11. The maximum atomic E-state index is 13.6. The molecule has 0 spiro atoms. The van der Waals surface area contributed by atoms with Gasteiger partial charge in [-0.2, -0.15) is 0 Å². The van der Waals surface area contributed by atoms with Gasteiger partial charge in [0.15, 0.2) is 0 Å². The first-order chi connectivity index (χ1) is 17.3. The fourth-order valence-electron chi connectivity index (χ4n) is 5.16. The van der Waals surface area contributed by atoms with Crippen molar-refractivity contribution >= 4 is 23.4 Å². The van der Waals surface area contributed by atoms with Gasteiger partial charge in [-0.1, -0.05) is 42.5 Å². The van der Waals surface area contributed by atoms with Crippen LogP contribution in [-0.4, -0.2) is 35.2 Å². The van der Waals surface area contributed by atoms with Crippen LogP contribution in [0.2, 0.25) is 0 Å². The second-order valence-corrected chi connectivity index (χ2v) is 9.84. The Labute approximate surface area is 211 Å². The Morgan fingerprint density at radius 2 is 1.81 bits per heavy atom. The van der Waals surface area contributed by atoms with E-state index in [1.54, 1.807) is 21.9 Å². The number of fused-ring (bicyclic) bond motifs is 2. The molecule has 1 N–H and O–H groups in total. The first kappa shape index (κ1) is 23.8. The molecule has 1 fully saturated rings. The zero-order valence-electron chi connectivity index (χ0n) is 21.0. The minimum atomic E-state index is -0.435. The highest BCUT2D eigenvalue weighted by Crippen LogP contribution is 2.33. The third-order valence-corrected chi connectivity index (χ3v) is 7.40. The van der Waals surface area contributed by atoms with Crippen molar-refractivity contribution in [2.24, 2.45) is 0 Å². The summed E-state index contributed by atoms with van der Waals surface area (Å²) in [6.45, 7) is 7.01. The van der Waals surface area contributed by atoms with Crippen LogP contribution < -0.4 is 10.2 Å². The molecular formula is C30H31N3O3. The number of anilines is 1. The predicted molar refractivity (Wildman–Crippen MR) is 140 cm³/mol. The summed E-state index contributed by atoms with van der Waals surface area (Å²) in [4.78, 5) is 43.2. The molecule has 2 aliphatic heterocycles. The number of hydrogen-bond donors (Lipinski definition) is 1. The normalized spacial score (nSPS) is 17.9. The standard InChI is InChI=1S/C30H31N3O3/c1-19-13-14-23(16-20(19)2)21(3)31-28(34)24-9-6-8-22(17-24)18-33-26-11-5-4-10-25(26)29(35)32-15-7-12-27(32)30(33)36/h4-6,8-11,13-14,16-17,21,27H,7,12,15,18H2,1-3H3,(H,31,34). The molecule has 0 aromatic heterocycles. The fraction of sp³-hybridized carbons (Fsp3) is 0.300. The predicted octanol–water partition coefficient (Wildman–Crippen LogP) is 4.95. The molecule has 2 unspecified atom stereocenters. The van der Waals surface area contributed by atoms with Crippen molar-refractivity contribution in [3.05, 3.63) is 100 Å². The van der Waals surface area contributed by atoms with Gasteiger partial charge in [-0.25, -0.2) is 0 Å². The molecule has 3 aromatic rings. The van der Waals surface area contributed by atoms with Crippen molar-refractivity contribution in [2.75, 3.05) is 11.4 Å². The van der Waals surface area contributed by atoms with E-state index in [0.29, 0.717) is 36.3 Å². The number of hydrogen-bond acceptors (Lipinski definition) is 3. The number of rotatable bonds is 5. The van der Waals surface area contributed by atoms with Gasteiger partial charge in [-0.05, 0) is 80.1 Å². The Balaban J connectivity index is 1.39. The van der Waals surface area contributed by atoms with Crippen molar-refractivity contribution in [2.45, 2.75) is 52.2 Å². The minimum absolute atomic E-state index is 0.0657. The average Bonchev–Trinajstić information content (AvgIpc) is 3.36. The molecule has 0 radical (unpaired) electrons. The Kier molecular flexibility index (Phi) is 6.35. The first-order valence-electron chi connectivity index (χ1n) is 12.5. The molecule has 3 aromatic carbocycles. The van der Waals surface area contributed by atoms with Crippen LogP contribution in [0.25, 0.3) is 0 Å². The van der Waals surface area contributed by atoms with Crippen molar-refractivity contribution < 1.29 is 14.4 Å². The van der Waals surface area contributed by atoms with E-state index in [4.69, 9.17) is 0 Å². The molecule has 3 amide bonds. The molecule has 0 aliphatic carbocycles. The van der Waals surface area contributed by atoms with E-state index < -0.39 is 6.04 Å². The maximum Gasteiger partial charge on any atom is 0.256 e. The topological polar surface area (TPSA) is 69.7 Å². The summed E-state index contributed by atoms with van der Waals surface area (Å²) in [6.07, 6.45) is 1.50. The van der Waals surface area contributed by atoms with E-state index in [1.807, 2.05) is 49.4 Å². The molecule has 0 saturated carbocycles. The molecule has 184 valence electrons. The summed E-state index contributed by atoms with van der Waals surface area (Å²) in [7, 11) is 0. The van der Waals surface area contributed by atoms with Gasteiger partial charge in [0.05, 0.1) is 23.8 Å². The van der Waals surface area contributed by atoms with E-state index >= 15 is 0 Å². The smallest absolute Gasteiger partial charge is 0.256 e. The molecule has 2 heterocycles. The van der Waals surface area contributed by atoms with Crippen LogP contribution in [-0.2, 0) is 11.3 Å². The van der Waals surface area contributed by atoms with Gasteiger partial charge < -0.3 is 15.1 Å². The van der Waals surface area contributed by atoms with Gasteiger partial charge in [-0.3, -0.25) is 14.4 Å². The van der Waals surface area contributed by atoms with Crippen molar-refractivity contribution in [3.8, 4) is 0 Å². The molecule has 36 heavy (non-hydrogen) atoms. The largest absolute Gasteiger partial charge is 0.346 e. The molecule has 0 bridgehead atoms. The van der Waals surface area contributed by atoms with Crippen molar-refractivity contribution in [1.29, 1.82) is 0 Å². The average molecular weight is 482 g/mol. The molecule has 2 aliphatic rings. The van der Waals surface area contributed by atoms with Crippen LogP contribution in [0.15, 0.2) is 66.7 Å². The number of nitrogens with one attached hydrogen (secondary N) is 1.